The molecule has 1 heterocycles. The standard InChI is InChI=1S/C18H16ClFN4/c1-11-3-6-15(9-16(11)19)24-18-10-17(21-12(2)22-18)23-14-7-4-13(20)5-8-14/h3-10H,1-2H3,(H2,21,22,23,24). The van der Waals surface area contributed by atoms with Gasteiger partial charge in [0.1, 0.15) is 23.3 Å². The van der Waals surface area contributed by atoms with E-state index in [0.717, 1.165) is 16.9 Å². The predicted molar refractivity (Wildman–Crippen MR) is 95.9 cm³/mol. The summed E-state index contributed by atoms with van der Waals surface area (Å²) in [7, 11) is 0. The van der Waals surface area contributed by atoms with Crippen LogP contribution < -0.4 is 10.6 Å². The molecule has 3 rings (SSSR count). The summed E-state index contributed by atoms with van der Waals surface area (Å²) in [5.41, 5.74) is 2.61. The number of hydrogen-bond acceptors (Lipinski definition) is 4. The lowest BCUT2D eigenvalue weighted by atomic mass is 10.2. The van der Waals surface area contributed by atoms with Crippen molar-refractivity contribution in [3.05, 3.63) is 70.8 Å². The molecule has 1 aromatic heterocycles. The van der Waals surface area contributed by atoms with Crippen molar-refractivity contribution in [1.29, 1.82) is 0 Å². The van der Waals surface area contributed by atoms with Crippen LogP contribution in [0.2, 0.25) is 5.02 Å². The lowest BCUT2D eigenvalue weighted by molar-refractivity contribution is 0.628. The van der Waals surface area contributed by atoms with Crippen LogP contribution in [-0.2, 0) is 0 Å². The van der Waals surface area contributed by atoms with Gasteiger partial charge in [-0.15, -0.1) is 0 Å². The molecular weight excluding hydrogens is 327 g/mol. The fourth-order valence-corrected chi connectivity index (χ4v) is 2.38. The van der Waals surface area contributed by atoms with E-state index < -0.39 is 0 Å². The van der Waals surface area contributed by atoms with Gasteiger partial charge in [0, 0.05) is 22.5 Å². The summed E-state index contributed by atoms with van der Waals surface area (Å²) >= 11 is 6.15. The van der Waals surface area contributed by atoms with Crippen LogP contribution in [0.3, 0.4) is 0 Å². The normalized spacial score (nSPS) is 10.5. The zero-order valence-electron chi connectivity index (χ0n) is 13.3. The Balaban J connectivity index is 1.82. The van der Waals surface area contributed by atoms with E-state index >= 15 is 0 Å². The molecule has 2 aromatic carbocycles. The molecule has 0 saturated carbocycles. The molecule has 0 fully saturated rings. The first-order chi connectivity index (χ1) is 11.5. The Hall–Kier alpha value is -2.66. The minimum absolute atomic E-state index is 0.280. The number of aromatic nitrogens is 2. The van der Waals surface area contributed by atoms with Crippen molar-refractivity contribution in [1.82, 2.24) is 9.97 Å². The largest absolute Gasteiger partial charge is 0.340 e. The lowest BCUT2D eigenvalue weighted by Crippen LogP contribution is -2.01. The molecule has 24 heavy (non-hydrogen) atoms. The summed E-state index contributed by atoms with van der Waals surface area (Å²) in [5.74, 6) is 1.60. The van der Waals surface area contributed by atoms with Crippen molar-refractivity contribution in [2.75, 3.05) is 10.6 Å². The average molecular weight is 343 g/mol. The number of rotatable bonds is 4. The highest BCUT2D eigenvalue weighted by Crippen LogP contribution is 2.24. The smallest absolute Gasteiger partial charge is 0.136 e. The van der Waals surface area contributed by atoms with E-state index in [9.17, 15) is 4.39 Å². The Morgan fingerprint density at radius 1 is 0.833 bits per heavy atom. The van der Waals surface area contributed by atoms with Gasteiger partial charge in [-0.25, -0.2) is 14.4 Å². The summed E-state index contributed by atoms with van der Waals surface area (Å²) in [4.78, 5) is 8.71. The van der Waals surface area contributed by atoms with E-state index in [-0.39, 0.29) is 5.82 Å². The number of benzene rings is 2. The second-order valence-electron chi connectivity index (χ2n) is 5.41. The Kier molecular flexibility index (Phi) is 4.62. The molecule has 4 nitrogen and oxygen atoms in total. The van der Waals surface area contributed by atoms with Crippen molar-refractivity contribution in [3.63, 3.8) is 0 Å². The molecule has 0 spiro atoms. The first kappa shape index (κ1) is 16.2. The topological polar surface area (TPSA) is 49.8 Å². The van der Waals surface area contributed by atoms with Gasteiger partial charge in [0.25, 0.3) is 0 Å². The van der Waals surface area contributed by atoms with Crippen LogP contribution in [0.25, 0.3) is 0 Å². The minimum Gasteiger partial charge on any atom is -0.340 e. The van der Waals surface area contributed by atoms with E-state index in [0.29, 0.717) is 22.5 Å². The molecule has 0 radical (unpaired) electrons. The van der Waals surface area contributed by atoms with E-state index in [1.165, 1.54) is 12.1 Å². The molecule has 0 unspecified atom stereocenters. The highest BCUT2D eigenvalue weighted by molar-refractivity contribution is 6.31. The number of nitrogens with one attached hydrogen (secondary N) is 2. The first-order valence-electron chi connectivity index (χ1n) is 7.41. The van der Waals surface area contributed by atoms with Crippen molar-refractivity contribution < 1.29 is 4.39 Å². The fourth-order valence-electron chi connectivity index (χ4n) is 2.20. The molecule has 0 aliphatic heterocycles. The lowest BCUT2D eigenvalue weighted by Gasteiger charge is -2.11. The number of nitrogens with zero attached hydrogens (tertiary/aromatic N) is 2. The first-order valence-corrected chi connectivity index (χ1v) is 7.79. The van der Waals surface area contributed by atoms with Crippen molar-refractivity contribution in [2.24, 2.45) is 0 Å². The second kappa shape index (κ2) is 6.84. The van der Waals surface area contributed by atoms with Crippen molar-refractivity contribution >= 4 is 34.6 Å². The van der Waals surface area contributed by atoms with Crippen molar-refractivity contribution in [2.45, 2.75) is 13.8 Å². The summed E-state index contributed by atoms with van der Waals surface area (Å²) < 4.78 is 13.0. The third kappa shape index (κ3) is 4.00. The molecule has 0 aliphatic rings. The number of aryl methyl sites for hydroxylation is 2. The van der Waals surface area contributed by atoms with Crippen molar-refractivity contribution in [3.8, 4) is 0 Å². The molecular formula is C18H16ClFN4. The minimum atomic E-state index is -0.280. The van der Waals surface area contributed by atoms with Gasteiger partial charge >= 0.3 is 0 Å². The maximum Gasteiger partial charge on any atom is 0.136 e. The Morgan fingerprint density at radius 2 is 1.42 bits per heavy atom. The quantitative estimate of drug-likeness (QED) is 0.669. The Bertz CT molecular complexity index is 865. The zero-order valence-corrected chi connectivity index (χ0v) is 14.0. The summed E-state index contributed by atoms with van der Waals surface area (Å²) in [6.45, 7) is 3.76. The molecule has 122 valence electrons. The van der Waals surface area contributed by atoms with Gasteiger partial charge < -0.3 is 10.6 Å². The van der Waals surface area contributed by atoms with Crippen LogP contribution in [0.15, 0.2) is 48.5 Å². The van der Waals surface area contributed by atoms with Gasteiger partial charge in [-0.05, 0) is 55.8 Å². The highest BCUT2D eigenvalue weighted by atomic mass is 35.5. The zero-order chi connectivity index (χ0) is 17.1. The Labute approximate surface area is 144 Å². The van der Waals surface area contributed by atoms with E-state index in [1.807, 2.05) is 32.0 Å². The van der Waals surface area contributed by atoms with E-state index in [2.05, 4.69) is 20.6 Å². The molecule has 0 saturated heterocycles. The van der Waals surface area contributed by atoms with Crippen LogP contribution in [0.5, 0.6) is 0 Å². The van der Waals surface area contributed by atoms with E-state index in [1.54, 1.807) is 18.2 Å². The highest BCUT2D eigenvalue weighted by Gasteiger charge is 2.05. The van der Waals surface area contributed by atoms with Gasteiger partial charge in [0.05, 0.1) is 0 Å². The summed E-state index contributed by atoms with van der Waals surface area (Å²) in [6, 6.07) is 13.6. The third-order valence-corrected chi connectivity index (χ3v) is 3.81. The SMILES string of the molecule is Cc1nc(Nc2ccc(F)cc2)cc(Nc2ccc(C)c(Cl)c2)n1. The second-order valence-corrected chi connectivity index (χ2v) is 5.81. The van der Waals surface area contributed by atoms with Gasteiger partial charge in [-0.3, -0.25) is 0 Å². The monoisotopic (exact) mass is 342 g/mol. The van der Waals surface area contributed by atoms with Crippen LogP contribution in [0, 0.1) is 19.7 Å². The molecule has 0 bridgehead atoms. The summed E-state index contributed by atoms with van der Waals surface area (Å²) in [5, 5.41) is 7.04. The van der Waals surface area contributed by atoms with Crippen LogP contribution in [-0.4, -0.2) is 9.97 Å². The molecule has 3 aromatic rings. The maximum atomic E-state index is 13.0. The average Bonchev–Trinajstić information content (AvgIpc) is 2.53. The van der Waals surface area contributed by atoms with Crippen LogP contribution in [0.1, 0.15) is 11.4 Å². The van der Waals surface area contributed by atoms with Gasteiger partial charge in [0.2, 0.25) is 0 Å². The fraction of sp³-hybridized carbons (Fsp3) is 0.111. The molecule has 0 aliphatic carbocycles. The van der Waals surface area contributed by atoms with Gasteiger partial charge in [-0.1, -0.05) is 17.7 Å². The van der Waals surface area contributed by atoms with Crippen LogP contribution in [0.4, 0.5) is 27.4 Å². The third-order valence-electron chi connectivity index (χ3n) is 3.40. The van der Waals surface area contributed by atoms with Crippen LogP contribution >= 0.6 is 11.6 Å². The predicted octanol–water partition coefficient (Wildman–Crippen LogP) is 5.37. The Morgan fingerprint density at radius 3 is 2.04 bits per heavy atom. The maximum absolute atomic E-state index is 13.0. The molecule has 0 atom stereocenters. The van der Waals surface area contributed by atoms with E-state index in [4.69, 9.17) is 11.6 Å². The van der Waals surface area contributed by atoms with Gasteiger partial charge in [0.15, 0.2) is 0 Å². The molecule has 0 amide bonds. The number of hydrogen-bond donors (Lipinski definition) is 2. The molecule has 2 N–H and O–H groups in total. The molecule has 6 heteroatoms. The number of anilines is 4. The summed E-state index contributed by atoms with van der Waals surface area (Å²) in [6.07, 6.45) is 0. The van der Waals surface area contributed by atoms with Gasteiger partial charge in [-0.2, -0.15) is 0 Å². The number of halogens is 2.